The van der Waals surface area contributed by atoms with E-state index in [1.807, 2.05) is 25.1 Å². The lowest BCUT2D eigenvalue weighted by molar-refractivity contribution is 0.562. The molecule has 0 saturated heterocycles. The Morgan fingerprint density at radius 2 is 1.84 bits per heavy atom. The second-order valence-corrected chi connectivity index (χ2v) is 4.40. The highest BCUT2D eigenvalue weighted by Gasteiger charge is 2.13. The molecule has 1 heterocycles. The largest absolute Gasteiger partial charge is 0.422 e. The molecule has 0 aliphatic rings. The summed E-state index contributed by atoms with van der Waals surface area (Å²) in [4.78, 5) is 12.1. The fourth-order valence-electron chi connectivity index (χ4n) is 2.28. The Morgan fingerprint density at radius 1 is 1.05 bits per heavy atom. The molecule has 0 spiro atoms. The molecule has 0 atom stereocenters. The maximum absolute atomic E-state index is 13.3. The third-order valence-corrected chi connectivity index (χ3v) is 3.19. The first-order valence-electron chi connectivity index (χ1n) is 5.95. The molecule has 0 bridgehead atoms. The minimum absolute atomic E-state index is 0.371. The van der Waals surface area contributed by atoms with Gasteiger partial charge < -0.3 is 4.42 Å². The minimum atomic E-state index is -0.443. The third-order valence-electron chi connectivity index (χ3n) is 3.19. The van der Waals surface area contributed by atoms with Gasteiger partial charge in [-0.1, -0.05) is 30.3 Å². The van der Waals surface area contributed by atoms with Crippen LogP contribution in [-0.4, -0.2) is 0 Å². The van der Waals surface area contributed by atoms with E-state index in [0.29, 0.717) is 16.7 Å². The molecular weight excluding hydrogens is 243 g/mol. The molecule has 0 N–H and O–H groups in total. The Balaban J connectivity index is 2.39. The summed E-state index contributed by atoms with van der Waals surface area (Å²) in [5.74, 6) is -0.371. The molecule has 0 fully saturated rings. The fourth-order valence-corrected chi connectivity index (χ4v) is 2.28. The standard InChI is InChI=1S/C16H11FO2/c1-10-13-7-2-3-8-14(13)19-16(18)15(10)11-5-4-6-12(17)9-11/h2-9H,1H3. The molecule has 94 valence electrons. The zero-order valence-corrected chi connectivity index (χ0v) is 10.3. The molecule has 0 amide bonds. The second-order valence-electron chi connectivity index (χ2n) is 4.40. The summed E-state index contributed by atoms with van der Waals surface area (Å²) in [5, 5.41) is 0.862. The van der Waals surface area contributed by atoms with E-state index < -0.39 is 5.63 Å². The predicted molar refractivity (Wildman–Crippen MR) is 72.6 cm³/mol. The Kier molecular flexibility index (Phi) is 2.67. The predicted octanol–water partition coefficient (Wildman–Crippen LogP) is 3.91. The zero-order valence-electron chi connectivity index (χ0n) is 10.3. The maximum Gasteiger partial charge on any atom is 0.344 e. The van der Waals surface area contributed by atoms with Crippen molar-refractivity contribution in [1.82, 2.24) is 0 Å². The highest BCUT2D eigenvalue weighted by molar-refractivity contribution is 5.86. The second kappa shape index (κ2) is 4.35. The van der Waals surface area contributed by atoms with Crippen molar-refractivity contribution in [1.29, 1.82) is 0 Å². The van der Waals surface area contributed by atoms with Gasteiger partial charge in [0.2, 0.25) is 0 Å². The van der Waals surface area contributed by atoms with Crippen molar-refractivity contribution in [2.45, 2.75) is 6.92 Å². The van der Waals surface area contributed by atoms with Crippen molar-refractivity contribution < 1.29 is 8.81 Å². The number of rotatable bonds is 1. The van der Waals surface area contributed by atoms with Crippen LogP contribution < -0.4 is 5.63 Å². The van der Waals surface area contributed by atoms with Gasteiger partial charge >= 0.3 is 5.63 Å². The third kappa shape index (κ3) is 1.93. The Hall–Kier alpha value is -2.42. The van der Waals surface area contributed by atoms with Crippen LogP contribution in [0.1, 0.15) is 5.56 Å². The lowest BCUT2D eigenvalue weighted by atomic mass is 10.00. The highest BCUT2D eigenvalue weighted by atomic mass is 19.1. The molecule has 0 aliphatic carbocycles. The molecule has 0 radical (unpaired) electrons. The van der Waals surface area contributed by atoms with E-state index in [1.165, 1.54) is 12.1 Å². The summed E-state index contributed by atoms with van der Waals surface area (Å²) < 4.78 is 18.6. The number of fused-ring (bicyclic) bond motifs is 1. The molecule has 2 nitrogen and oxygen atoms in total. The van der Waals surface area contributed by atoms with Crippen LogP contribution in [0, 0.1) is 12.7 Å². The van der Waals surface area contributed by atoms with Crippen molar-refractivity contribution in [2.75, 3.05) is 0 Å². The minimum Gasteiger partial charge on any atom is -0.422 e. The van der Waals surface area contributed by atoms with Crippen LogP contribution in [-0.2, 0) is 0 Å². The average Bonchev–Trinajstić information content (AvgIpc) is 2.39. The van der Waals surface area contributed by atoms with E-state index in [9.17, 15) is 9.18 Å². The number of hydrogen-bond donors (Lipinski definition) is 0. The topological polar surface area (TPSA) is 30.2 Å². The van der Waals surface area contributed by atoms with Gasteiger partial charge in [0.1, 0.15) is 11.4 Å². The van der Waals surface area contributed by atoms with Crippen LogP contribution in [0.2, 0.25) is 0 Å². The molecule has 0 aliphatic heterocycles. The van der Waals surface area contributed by atoms with E-state index in [-0.39, 0.29) is 5.82 Å². The monoisotopic (exact) mass is 254 g/mol. The van der Waals surface area contributed by atoms with Crippen LogP contribution >= 0.6 is 0 Å². The van der Waals surface area contributed by atoms with Crippen molar-refractivity contribution >= 4 is 11.0 Å². The lowest BCUT2D eigenvalue weighted by Crippen LogP contribution is -2.06. The molecule has 3 aromatic rings. The normalized spacial score (nSPS) is 10.8. The molecule has 2 aromatic carbocycles. The fraction of sp³-hybridized carbons (Fsp3) is 0.0625. The van der Waals surface area contributed by atoms with Crippen molar-refractivity contribution in [2.24, 2.45) is 0 Å². The Morgan fingerprint density at radius 3 is 2.63 bits per heavy atom. The van der Waals surface area contributed by atoms with Gasteiger partial charge in [-0.15, -0.1) is 0 Å². The van der Waals surface area contributed by atoms with Gasteiger partial charge in [-0.05, 0) is 36.2 Å². The van der Waals surface area contributed by atoms with Gasteiger partial charge in [0, 0.05) is 5.39 Å². The number of hydrogen-bond acceptors (Lipinski definition) is 2. The first-order chi connectivity index (χ1) is 9.16. The Labute approximate surface area is 109 Å². The van der Waals surface area contributed by atoms with Gasteiger partial charge in [-0.25, -0.2) is 9.18 Å². The van der Waals surface area contributed by atoms with Gasteiger partial charge in [0.15, 0.2) is 0 Å². The summed E-state index contributed by atoms with van der Waals surface area (Å²) in [5.41, 5.74) is 1.86. The highest BCUT2D eigenvalue weighted by Crippen LogP contribution is 2.26. The van der Waals surface area contributed by atoms with Crippen molar-refractivity contribution in [3.05, 3.63) is 70.3 Å². The molecular formula is C16H11FO2. The molecule has 0 saturated carbocycles. The van der Waals surface area contributed by atoms with E-state index in [2.05, 4.69) is 0 Å². The molecule has 19 heavy (non-hydrogen) atoms. The van der Waals surface area contributed by atoms with E-state index in [4.69, 9.17) is 4.42 Å². The summed E-state index contributed by atoms with van der Waals surface area (Å²) in [6, 6.07) is 13.3. The Bertz CT molecular complexity index is 818. The van der Waals surface area contributed by atoms with Crippen LogP contribution in [0.5, 0.6) is 0 Å². The lowest BCUT2D eigenvalue weighted by Gasteiger charge is -2.07. The molecule has 3 rings (SSSR count). The van der Waals surface area contributed by atoms with Crippen LogP contribution in [0.15, 0.2) is 57.7 Å². The maximum atomic E-state index is 13.3. The summed E-state index contributed by atoms with van der Waals surface area (Å²) in [6.07, 6.45) is 0. The van der Waals surface area contributed by atoms with Gasteiger partial charge in [0.25, 0.3) is 0 Å². The zero-order chi connectivity index (χ0) is 13.4. The summed E-state index contributed by atoms with van der Waals surface area (Å²) >= 11 is 0. The van der Waals surface area contributed by atoms with Crippen molar-refractivity contribution in [3.8, 4) is 11.1 Å². The van der Waals surface area contributed by atoms with E-state index in [0.717, 1.165) is 10.9 Å². The molecule has 1 aromatic heterocycles. The smallest absolute Gasteiger partial charge is 0.344 e. The SMILES string of the molecule is Cc1c(-c2cccc(F)c2)c(=O)oc2ccccc12. The summed E-state index contributed by atoms with van der Waals surface area (Å²) in [6.45, 7) is 1.85. The number of para-hydroxylation sites is 1. The molecule has 0 unspecified atom stereocenters. The summed E-state index contributed by atoms with van der Waals surface area (Å²) in [7, 11) is 0. The van der Waals surface area contributed by atoms with Gasteiger partial charge in [0.05, 0.1) is 5.56 Å². The van der Waals surface area contributed by atoms with Gasteiger partial charge in [-0.2, -0.15) is 0 Å². The average molecular weight is 254 g/mol. The first-order valence-corrected chi connectivity index (χ1v) is 5.95. The van der Waals surface area contributed by atoms with Crippen LogP contribution in [0.25, 0.3) is 22.1 Å². The van der Waals surface area contributed by atoms with E-state index in [1.54, 1.807) is 18.2 Å². The van der Waals surface area contributed by atoms with E-state index >= 15 is 0 Å². The van der Waals surface area contributed by atoms with Crippen molar-refractivity contribution in [3.63, 3.8) is 0 Å². The number of halogens is 1. The first kappa shape index (κ1) is 11.7. The molecule has 3 heteroatoms. The number of benzene rings is 2. The van der Waals surface area contributed by atoms with Crippen LogP contribution in [0.4, 0.5) is 4.39 Å². The van der Waals surface area contributed by atoms with Gasteiger partial charge in [-0.3, -0.25) is 0 Å². The number of aryl methyl sites for hydroxylation is 1. The van der Waals surface area contributed by atoms with Crippen LogP contribution in [0.3, 0.4) is 0 Å². The quantitative estimate of drug-likeness (QED) is 0.616.